The van der Waals surface area contributed by atoms with Gasteiger partial charge in [0.25, 0.3) is 20.2 Å². The molecule has 2 fully saturated rings. The summed E-state index contributed by atoms with van der Waals surface area (Å²) in [5.74, 6) is -1.31. The standard InChI is InChI=1S/C12H24O12P2S2/c1-5-19-25(13,23-11(3)7-21-27(15,16)9-11)26(14,20-6-2)24-12(4)8-22-28(17,18)10-12/h5-10H2,1-4H3. The summed E-state index contributed by atoms with van der Waals surface area (Å²) in [4.78, 5) is 0. The summed E-state index contributed by atoms with van der Waals surface area (Å²) >= 11 is 0. The molecule has 0 aromatic rings. The van der Waals surface area contributed by atoms with E-state index >= 15 is 0 Å². The van der Waals surface area contributed by atoms with Gasteiger partial charge in [0.1, 0.15) is 22.7 Å². The molecule has 2 aliphatic rings. The Labute approximate surface area is 164 Å². The maximum absolute atomic E-state index is 13.5. The number of hydrogen-bond donors (Lipinski definition) is 0. The summed E-state index contributed by atoms with van der Waals surface area (Å²) in [6.45, 7) is 4.07. The van der Waals surface area contributed by atoms with E-state index in [-0.39, 0.29) is 13.2 Å². The van der Waals surface area contributed by atoms with E-state index in [0.717, 1.165) is 0 Å². The van der Waals surface area contributed by atoms with Gasteiger partial charge in [-0.2, -0.15) is 16.8 Å². The molecule has 0 amide bonds. The third kappa shape index (κ3) is 5.42. The van der Waals surface area contributed by atoms with Crippen LogP contribution >= 0.6 is 14.6 Å². The highest BCUT2D eigenvalue weighted by atomic mass is 32.2. The van der Waals surface area contributed by atoms with E-state index < -0.39 is 70.7 Å². The fraction of sp³-hybridized carbons (Fsp3) is 1.00. The SMILES string of the molecule is CCOP(=O)(OC1(C)COS(=O)(=O)C1)P(=O)(OCC)OC1(C)COS(=O)(=O)C1. The summed E-state index contributed by atoms with van der Waals surface area (Å²) in [5.41, 5.74) is -3.28. The molecule has 0 N–H and O–H groups in total. The topological polar surface area (TPSA) is 158 Å². The van der Waals surface area contributed by atoms with Gasteiger partial charge in [-0.1, -0.05) is 0 Å². The Morgan fingerprint density at radius 1 is 0.786 bits per heavy atom. The fourth-order valence-corrected chi connectivity index (χ4v) is 11.5. The van der Waals surface area contributed by atoms with Crippen molar-refractivity contribution in [3.05, 3.63) is 0 Å². The van der Waals surface area contributed by atoms with Crippen LogP contribution in [-0.2, 0) is 55.8 Å². The maximum atomic E-state index is 13.5. The van der Waals surface area contributed by atoms with Crippen LogP contribution in [0.1, 0.15) is 27.7 Å². The van der Waals surface area contributed by atoms with Crippen molar-refractivity contribution in [2.45, 2.75) is 38.9 Å². The van der Waals surface area contributed by atoms with Crippen molar-refractivity contribution < 1.29 is 52.4 Å². The van der Waals surface area contributed by atoms with Gasteiger partial charge in [-0.25, -0.2) is 9.13 Å². The molecular weight excluding hydrogens is 462 g/mol. The van der Waals surface area contributed by atoms with Gasteiger partial charge in [0.05, 0.1) is 26.4 Å². The first kappa shape index (κ1) is 24.4. The van der Waals surface area contributed by atoms with Crippen LogP contribution in [0.3, 0.4) is 0 Å². The van der Waals surface area contributed by atoms with Gasteiger partial charge in [0.15, 0.2) is 0 Å². The average Bonchev–Trinajstić information content (AvgIpc) is 2.93. The lowest BCUT2D eigenvalue weighted by molar-refractivity contribution is 0.0448. The van der Waals surface area contributed by atoms with Crippen LogP contribution in [0.4, 0.5) is 0 Å². The van der Waals surface area contributed by atoms with Gasteiger partial charge in [-0.3, -0.25) is 17.4 Å². The highest BCUT2D eigenvalue weighted by Gasteiger charge is 2.60. The average molecular weight is 486 g/mol. The number of rotatable bonds is 9. The minimum atomic E-state index is -4.75. The molecule has 0 aliphatic carbocycles. The zero-order valence-electron chi connectivity index (χ0n) is 15.9. The Hall–Kier alpha value is 0.120. The van der Waals surface area contributed by atoms with Gasteiger partial charge in [0, 0.05) is 0 Å². The third-order valence-electron chi connectivity index (χ3n) is 3.61. The van der Waals surface area contributed by atoms with E-state index in [4.69, 9.17) is 18.1 Å². The first-order valence-corrected chi connectivity index (χ1v) is 15.2. The molecule has 2 aliphatic heterocycles. The predicted molar refractivity (Wildman–Crippen MR) is 96.9 cm³/mol. The minimum Gasteiger partial charge on any atom is -0.300 e. The van der Waals surface area contributed by atoms with E-state index in [0.29, 0.717) is 0 Å². The van der Waals surface area contributed by atoms with Gasteiger partial charge >= 0.3 is 14.6 Å². The molecule has 2 rings (SSSR count). The van der Waals surface area contributed by atoms with E-state index in [1.165, 1.54) is 27.7 Å². The quantitative estimate of drug-likeness (QED) is 0.343. The van der Waals surface area contributed by atoms with Crippen molar-refractivity contribution in [2.24, 2.45) is 0 Å². The van der Waals surface area contributed by atoms with Crippen molar-refractivity contribution in [3.8, 4) is 0 Å². The van der Waals surface area contributed by atoms with Crippen molar-refractivity contribution in [3.63, 3.8) is 0 Å². The normalized spacial score (nSPS) is 36.0. The van der Waals surface area contributed by atoms with E-state index in [9.17, 15) is 26.0 Å². The zero-order valence-corrected chi connectivity index (χ0v) is 19.3. The summed E-state index contributed by atoms with van der Waals surface area (Å²) in [7, 11) is -17.3. The maximum Gasteiger partial charge on any atom is 0.441 e. The highest BCUT2D eigenvalue weighted by molar-refractivity contribution is 8.27. The molecule has 4 atom stereocenters. The number of hydrogen-bond acceptors (Lipinski definition) is 12. The molecule has 4 unspecified atom stereocenters. The first-order chi connectivity index (χ1) is 12.6. The molecule has 0 aromatic carbocycles. The lowest BCUT2D eigenvalue weighted by Crippen LogP contribution is -2.35. The summed E-state index contributed by atoms with van der Waals surface area (Å²) in [6.07, 6.45) is 0. The van der Waals surface area contributed by atoms with Crippen molar-refractivity contribution in [2.75, 3.05) is 37.9 Å². The molecule has 16 heteroatoms. The van der Waals surface area contributed by atoms with E-state index in [1.54, 1.807) is 0 Å². The predicted octanol–water partition coefficient (Wildman–Crippen LogP) is 1.63. The second kappa shape index (κ2) is 7.99. The monoisotopic (exact) mass is 486 g/mol. The molecular formula is C12H24O12P2S2. The van der Waals surface area contributed by atoms with Crippen LogP contribution in [0, 0.1) is 0 Å². The molecule has 0 spiro atoms. The molecule has 166 valence electrons. The lowest BCUT2D eigenvalue weighted by Gasteiger charge is -2.34. The van der Waals surface area contributed by atoms with Crippen LogP contribution in [0.5, 0.6) is 0 Å². The van der Waals surface area contributed by atoms with Gasteiger partial charge < -0.3 is 9.05 Å². The zero-order chi connectivity index (χ0) is 21.5. The summed E-state index contributed by atoms with van der Waals surface area (Å²) in [5, 5.41) is 0. The van der Waals surface area contributed by atoms with Gasteiger partial charge in [-0.05, 0) is 27.7 Å². The molecule has 0 saturated carbocycles. The highest BCUT2D eigenvalue weighted by Crippen LogP contribution is 2.85. The second-order valence-electron chi connectivity index (χ2n) is 6.78. The van der Waals surface area contributed by atoms with Crippen molar-refractivity contribution >= 4 is 34.8 Å². The Morgan fingerprint density at radius 2 is 1.11 bits per heavy atom. The molecule has 0 aromatic heterocycles. The molecule has 0 bridgehead atoms. The Morgan fingerprint density at radius 3 is 1.32 bits per heavy atom. The summed E-state index contributed by atoms with van der Waals surface area (Å²) in [6, 6.07) is 0. The van der Waals surface area contributed by atoms with Crippen LogP contribution in [0.25, 0.3) is 0 Å². The molecule has 12 nitrogen and oxygen atoms in total. The third-order valence-corrected chi connectivity index (χ3v) is 12.6. The van der Waals surface area contributed by atoms with Crippen molar-refractivity contribution in [1.82, 2.24) is 0 Å². The van der Waals surface area contributed by atoms with E-state index in [1.807, 2.05) is 0 Å². The van der Waals surface area contributed by atoms with Gasteiger partial charge in [-0.15, -0.1) is 0 Å². The molecule has 0 radical (unpaired) electrons. The fourth-order valence-electron chi connectivity index (χ4n) is 2.63. The lowest BCUT2D eigenvalue weighted by atomic mass is 10.2. The minimum absolute atomic E-state index is 0.229. The van der Waals surface area contributed by atoms with Crippen LogP contribution in [0.2, 0.25) is 0 Å². The molecule has 28 heavy (non-hydrogen) atoms. The molecule has 2 heterocycles. The Bertz CT molecular complexity index is 826. The Balaban J connectivity index is 2.40. The first-order valence-electron chi connectivity index (χ1n) is 8.26. The summed E-state index contributed by atoms with van der Waals surface area (Å²) < 4.78 is 104. The van der Waals surface area contributed by atoms with E-state index in [2.05, 4.69) is 8.37 Å². The second-order valence-corrected chi connectivity index (χ2v) is 15.8. The Kier molecular flexibility index (Phi) is 6.96. The van der Waals surface area contributed by atoms with Crippen LogP contribution in [-0.4, -0.2) is 66.0 Å². The largest absolute Gasteiger partial charge is 0.441 e. The molecule has 2 saturated heterocycles. The van der Waals surface area contributed by atoms with Crippen LogP contribution < -0.4 is 0 Å². The van der Waals surface area contributed by atoms with Gasteiger partial charge in [0.2, 0.25) is 0 Å². The van der Waals surface area contributed by atoms with Crippen molar-refractivity contribution in [1.29, 1.82) is 0 Å². The smallest absolute Gasteiger partial charge is 0.300 e. The van der Waals surface area contributed by atoms with Crippen LogP contribution in [0.15, 0.2) is 0 Å².